The van der Waals surface area contributed by atoms with Gasteiger partial charge in [0, 0.05) is 6.42 Å². The normalized spacial score (nSPS) is 10.9. The second kappa shape index (κ2) is 10.1. The number of ether oxygens (including phenoxy) is 1. The van der Waals surface area contributed by atoms with Gasteiger partial charge < -0.3 is 15.6 Å². The minimum atomic E-state index is -1.11. The summed E-state index contributed by atoms with van der Waals surface area (Å²) < 4.78 is 4.97. The van der Waals surface area contributed by atoms with E-state index in [1.165, 1.54) is 0 Å². The molecule has 0 aromatic heterocycles. The Morgan fingerprint density at radius 2 is 1.84 bits per heavy atom. The molecule has 19 heavy (non-hydrogen) atoms. The van der Waals surface area contributed by atoms with Gasteiger partial charge in [0.1, 0.15) is 12.6 Å². The summed E-state index contributed by atoms with van der Waals surface area (Å²) in [6.07, 6.45) is 0.100. The highest BCUT2D eigenvalue weighted by atomic mass is 16.5. The predicted octanol–water partition coefficient (Wildman–Crippen LogP) is 1.95. The summed E-state index contributed by atoms with van der Waals surface area (Å²) in [6.45, 7) is 4.20. The molecule has 0 radical (unpaired) electrons. The Bertz CT molecular complexity index is 378. The number of rotatable bonds is 6. The van der Waals surface area contributed by atoms with Crippen LogP contribution in [0.4, 0.5) is 0 Å². The van der Waals surface area contributed by atoms with Crippen LogP contribution >= 0.6 is 0 Å². The standard InChI is InChI=1S/C12H15NO4.C2H6/c13-10(12(15)16)6-7-11(14)17-8-9-4-2-1-3-5-9;1-2/h1-5,10H,6-8,13H2,(H,15,16);1-2H3/t10-;/m0./s1. The van der Waals surface area contributed by atoms with E-state index in [0.717, 1.165) is 5.56 Å². The first-order valence-corrected chi connectivity index (χ1v) is 6.27. The molecule has 0 saturated heterocycles. The summed E-state index contributed by atoms with van der Waals surface area (Å²) in [5, 5.41) is 8.53. The molecule has 0 bridgehead atoms. The maximum absolute atomic E-state index is 11.3. The molecule has 3 N–H and O–H groups in total. The monoisotopic (exact) mass is 267 g/mol. The van der Waals surface area contributed by atoms with Crippen molar-refractivity contribution in [3.8, 4) is 0 Å². The number of hydrogen-bond donors (Lipinski definition) is 2. The summed E-state index contributed by atoms with van der Waals surface area (Å²) >= 11 is 0. The fraction of sp³-hybridized carbons (Fsp3) is 0.429. The molecule has 0 aliphatic heterocycles. The Hall–Kier alpha value is -1.88. The second-order valence-corrected chi connectivity index (χ2v) is 3.63. The van der Waals surface area contributed by atoms with E-state index in [4.69, 9.17) is 15.6 Å². The van der Waals surface area contributed by atoms with Crippen molar-refractivity contribution in [1.29, 1.82) is 0 Å². The van der Waals surface area contributed by atoms with Gasteiger partial charge in [-0.1, -0.05) is 44.2 Å². The molecular weight excluding hydrogens is 246 g/mol. The van der Waals surface area contributed by atoms with Gasteiger partial charge in [-0.05, 0) is 12.0 Å². The highest BCUT2D eigenvalue weighted by molar-refractivity contribution is 5.75. The number of carbonyl (C=O) groups excluding carboxylic acids is 1. The fourth-order valence-corrected chi connectivity index (χ4v) is 1.21. The van der Waals surface area contributed by atoms with Crippen LogP contribution in [-0.2, 0) is 20.9 Å². The van der Waals surface area contributed by atoms with E-state index in [9.17, 15) is 9.59 Å². The van der Waals surface area contributed by atoms with Gasteiger partial charge in [0.05, 0.1) is 0 Å². The molecule has 1 rings (SSSR count). The molecule has 0 aliphatic rings. The molecule has 1 aromatic rings. The van der Waals surface area contributed by atoms with Gasteiger partial charge in [0.2, 0.25) is 0 Å². The number of benzene rings is 1. The van der Waals surface area contributed by atoms with Crippen LogP contribution in [0.25, 0.3) is 0 Å². The summed E-state index contributed by atoms with van der Waals surface area (Å²) in [6, 6.07) is 8.25. The lowest BCUT2D eigenvalue weighted by Gasteiger charge is -2.07. The number of carboxylic acids is 1. The average Bonchev–Trinajstić information content (AvgIpc) is 2.45. The van der Waals surface area contributed by atoms with Crippen molar-refractivity contribution in [2.75, 3.05) is 0 Å². The molecule has 1 atom stereocenters. The van der Waals surface area contributed by atoms with Crippen molar-refractivity contribution >= 4 is 11.9 Å². The quantitative estimate of drug-likeness (QED) is 0.769. The van der Waals surface area contributed by atoms with Crippen molar-refractivity contribution in [1.82, 2.24) is 0 Å². The molecular formula is C14H21NO4. The molecule has 0 unspecified atom stereocenters. The van der Waals surface area contributed by atoms with E-state index in [1.807, 2.05) is 44.2 Å². The van der Waals surface area contributed by atoms with E-state index in [0.29, 0.717) is 0 Å². The number of carbonyl (C=O) groups is 2. The molecule has 0 amide bonds. The van der Waals surface area contributed by atoms with Crippen LogP contribution < -0.4 is 5.73 Å². The zero-order valence-corrected chi connectivity index (χ0v) is 11.3. The van der Waals surface area contributed by atoms with Gasteiger partial charge in [-0.15, -0.1) is 0 Å². The zero-order valence-electron chi connectivity index (χ0n) is 11.3. The average molecular weight is 267 g/mol. The van der Waals surface area contributed by atoms with Gasteiger partial charge in [0.15, 0.2) is 0 Å². The highest BCUT2D eigenvalue weighted by Gasteiger charge is 2.13. The summed E-state index contributed by atoms with van der Waals surface area (Å²) in [7, 11) is 0. The van der Waals surface area contributed by atoms with E-state index in [1.54, 1.807) is 0 Å². The van der Waals surface area contributed by atoms with Crippen molar-refractivity contribution in [3.05, 3.63) is 35.9 Å². The summed E-state index contributed by atoms with van der Waals surface area (Å²) in [4.78, 5) is 21.7. The largest absolute Gasteiger partial charge is 0.480 e. The first-order chi connectivity index (χ1) is 9.09. The molecule has 0 saturated carbocycles. The molecule has 1 aromatic carbocycles. The number of carboxylic acid groups (broad SMARTS) is 1. The van der Waals surface area contributed by atoms with Crippen molar-refractivity contribution in [2.24, 2.45) is 5.73 Å². The van der Waals surface area contributed by atoms with Crippen molar-refractivity contribution in [2.45, 2.75) is 39.3 Å². The predicted molar refractivity (Wildman–Crippen MR) is 72.4 cm³/mol. The van der Waals surface area contributed by atoms with Crippen LogP contribution in [0.1, 0.15) is 32.3 Å². The van der Waals surface area contributed by atoms with Crippen LogP contribution in [0.3, 0.4) is 0 Å². The number of hydrogen-bond acceptors (Lipinski definition) is 4. The molecule has 0 heterocycles. The molecule has 106 valence electrons. The van der Waals surface area contributed by atoms with Crippen LogP contribution in [0.5, 0.6) is 0 Å². The Balaban J connectivity index is 0.00000154. The fourth-order valence-electron chi connectivity index (χ4n) is 1.21. The van der Waals surface area contributed by atoms with Crippen LogP contribution in [-0.4, -0.2) is 23.1 Å². The third kappa shape index (κ3) is 7.94. The Morgan fingerprint density at radius 3 is 2.37 bits per heavy atom. The van der Waals surface area contributed by atoms with Crippen LogP contribution in [0.2, 0.25) is 0 Å². The van der Waals surface area contributed by atoms with Gasteiger partial charge in [0.25, 0.3) is 0 Å². The van der Waals surface area contributed by atoms with E-state index < -0.39 is 18.0 Å². The maximum Gasteiger partial charge on any atom is 0.320 e. The van der Waals surface area contributed by atoms with Gasteiger partial charge >= 0.3 is 11.9 Å². The third-order valence-corrected chi connectivity index (χ3v) is 2.22. The number of nitrogens with two attached hydrogens (primary N) is 1. The third-order valence-electron chi connectivity index (χ3n) is 2.22. The second-order valence-electron chi connectivity index (χ2n) is 3.63. The van der Waals surface area contributed by atoms with Gasteiger partial charge in [-0.2, -0.15) is 0 Å². The molecule has 0 spiro atoms. The number of aliphatic carboxylic acids is 1. The first kappa shape index (κ1) is 17.1. The molecule has 5 heteroatoms. The lowest BCUT2D eigenvalue weighted by Crippen LogP contribution is -2.30. The first-order valence-electron chi connectivity index (χ1n) is 6.27. The van der Waals surface area contributed by atoms with Crippen LogP contribution in [0, 0.1) is 0 Å². The Kier molecular flexibility index (Phi) is 9.08. The van der Waals surface area contributed by atoms with E-state index in [2.05, 4.69) is 0 Å². The topological polar surface area (TPSA) is 89.6 Å². The van der Waals surface area contributed by atoms with Crippen molar-refractivity contribution < 1.29 is 19.4 Å². The molecule has 0 aliphatic carbocycles. The minimum Gasteiger partial charge on any atom is -0.480 e. The maximum atomic E-state index is 11.3. The summed E-state index contributed by atoms with van der Waals surface area (Å²) in [5.41, 5.74) is 6.16. The van der Waals surface area contributed by atoms with E-state index >= 15 is 0 Å². The Labute approximate surface area is 113 Å². The van der Waals surface area contributed by atoms with E-state index in [-0.39, 0.29) is 19.4 Å². The molecule has 0 fully saturated rings. The smallest absolute Gasteiger partial charge is 0.320 e. The van der Waals surface area contributed by atoms with Crippen LogP contribution in [0.15, 0.2) is 30.3 Å². The lowest BCUT2D eigenvalue weighted by atomic mass is 10.2. The number of esters is 1. The lowest BCUT2D eigenvalue weighted by molar-refractivity contribution is -0.145. The van der Waals surface area contributed by atoms with Crippen molar-refractivity contribution in [3.63, 3.8) is 0 Å². The highest BCUT2D eigenvalue weighted by Crippen LogP contribution is 2.03. The minimum absolute atomic E-state index is 0.0142. The Morgan fingerprint density at radius 1 is 1.26 bits per heavy atom. The van der Waals surface area contributed by atoms with Gasteiger partial charge in [-0.25, -0.2) is 0 Å². The SMILES string of the molecule is CC.N[C@@H](CCC(=O)OCc1ccccc1)C(=O)O. The summed E-state index contributed by atoms with van der Waals surface area (Å²) in [5.74, 6) is -1.55. The van der Waals surface area contributed by atoms with Gasteiger partial charge in [-0.3, -0.25) is 9.59 Å². The molecule has 5 nitrogen and oxygen atoms in total. The zero-order chi connectivity index (χ0) is 14.7.